The van der Waals surface area contributed by atoms with Crippen LogP contribution in [0.1, 0.15) is 26.2 Å². The first kappa shape index (κ1) is 11.0. The van der Waals surface area contributed by atoms with Gasteiger partial charge in [-0.15, -0.1) is 0 Å². The van der Waals surface area contributed by atoms with Gasteiger partial charge in [-0.2, -0.15) is 0 Å². The monoisotopic (exact) mass is 166 g/mol. The number of rotatable bonds is 3. The highest BCUT2D eigenvalue weighted by molar-refractivity contribution is 5.27. The first-order chi connectivity index (χ1) is 5.81. The molecular formula is C10H14O2. The molecule has 0 aromatic carbocycles. The fourth-order valence-corrected chi connectivity index (χ4v) is 0.673. The molecule has 2 heteroatoms. The summed E-state index contributed by atoms with van der Waals surface area (Å²) < 4.78 is 0. The lowest BCUT2D eigenvalue weighted by Crippen LogP contribution is -2.01. The Hall–Kier alpha value is -0.960. The van der Waals surface area contributed by atoms with E-state index in [4.69, 9.17) is 5.11 Å². The Morgan fingerprint density at radius 2 is 2.08 bits per heavy atom. The summed E-state index contributed by atoms with van der Waals surface area (Å²) in [4.78, 5) is 0. The molecule has 2 nitrogen and oxygen atoms in total. The second-order valence-electron chi connectivity index (χ2n) is 2.39. The van der Waals surface area contributed by atoms with E-state index >= 15 is 0 Å². The normalized spacial score (nSPS) is 10.6. The molecule has 0 aliphatic rings. The predicted molar refractivity (Wildman–Crippen MR) is 48.2 cm³/mol. The molecule has 1 atom stereocenters. The second-order valence-corrected chi connectivity index (χ2v) is 2.39. The number of aliphatic hydroxyl groups excluding tert-OH is 2. The number of hydrogen-bond acceptors (Lipinski definition) is 2. The van der Waals surface area contributed by atoms with Gasteiger partial charge in [0.2, 0.25) is 0 Å². The maximum Gasteiger partial charge on any atom is 0.115 e. The quantitative estimate of drug-likeness (QED) is 0.601. The van der Waals surface area contributed by atoms with Crippen molar-refractivity contribution in [1.82, 2.24) is 0 Å². The zero-order valence-corrected chi connectivity index (χ0v) is 7.30. The van der Waals surface area contributed by atoms with Gasteiger partial charge in [0.25, 0.3) is 0 Å². The zero-order valence-electron chi connectivity index (χ0n) is 7.30. The Morgan fingerprint density at radius 3 is 2.67 bits per heavy atom. The van der Waals surface area contributed by atoms with Crippen molar-refractivity contribution in [2.45, 2.75) is 32.3 Å². The zero-order chi connectivity index (χ0) is 9.23. The molecule has 12 heavy (non-hydrogen) atoms. The standard InChI is InChI=1S/C10H14O2/c1-2-3-7-10(12)8-5-4-6-9-11/h10-12H,2-3,7,9H2,1H3. The van der Waals surface area contributed by atoms with E-state index in [1.54, 1.807) is 0 Å². The Labute approximate surface area is 73.6 Å². The van der Waals surface area contributed by atoms with Crippen LogP contribution >= 0.6 is 0 Å². The largest absolute Gasteiger partial charge is 0.384 e. The fourth-order valence-electron chi connectivity index (χ4n) is 0.673. The molecule has 0 radical (unpaired) electrons. The summed E-state index contributed by atoms with van der Waals surface area (Å²) in [5.74, 6) is 9.85. The molecule has 0 heterocycles. The van der Waals surface area contributed by atoms with E-state index in [1.807, 2.05) is 0 Å². The topological polar surface area (TPSA) is 40.5 Å². The Bertz CT molecular complexity index is 211. The lowest BCUT2D eigenvalue weighted by atomic mass is 10.2. The number of hydrogen-bond donors (Lipinski definition) is 2. The van der Waals surface area contributed by atoms with Crippen LogP contribution in [0.2, 0.25) is 0 Å². The van der Waals surface area contributed by atoms with E-state index < -0.39 is 6.10 Å². The van der Waals surface area contributed by atoms with Gasteiger partial charge in [0.1, 0.15) is 12.7 Å². The van der Waals surface area contributed by atoms with Crippen molar-refractivity contribution < 1.29 is 10.2 Å². The van der Waals surface area contributed by atoms with Crippen LogP contribution in [0, 0.1) is 23.7 Å². The number of aliphatic hydroxyl groups is 2. The summed E-state index contributed by atoms with van der Waals surface area (Å²) in [7, 11) is 0. The molecule has 0 aromatic heterocycles. The van der Waals surface area contributed by atoms with E-state index in [-0.39, 0.29) is 6.61 Å². The minimum Gasteiger partial charge on any atom is -0.384 e. The maximum absolute atomic E-state index is 9.18. The minimum atomic E-state index is -0.571. The van der Waals surface area contributed by atoms with E-state index in [0.717, 1.165) is 12.8 Å². The molecule has 0 amide bonds. The summed E-state index contributed by atoms with van der Waals surface area (Å²) in [5, 5.41) is 17.4. The van der Waals surface area contributed by atoms with Gasteiger partial charge in [0.05, 0.1) is 0 Å². The Morgan fingerprint density at radius 1 is 1.33 bits per heavy atom. The molecule has 0 rings (SSSR count). The second kappa shape index (κ2) is 8.14. The average molecular weight is 166 g/mol. The molecule has 0 aliphatic carbocycles. The average Bonchev–Trinajstić information content (AvgIpc) is 2.09. The van der Waals surface area contributed by atoms with Crippen LogP contribution in [-0.2, 0) is 0 Å². The molecule has 66 valence electrons. The maximum atomic E-state index is 9.18. The SMILES string of the molecule is CCCCC(O)C#CC#CCO. The van der Waals surface area contributed by atoms with Gasteiger partial charge in [0.15, 0.2) is 0 Å². The van der Waals surface area contributed by atoms with Crippen molar-refractivity contribution in [3.05, 3.63) is 0 Å². The predicted octanol–water partition coefficient (Wildman–Crippen LogP) is 0.537. The van der Waals surface area contributed by atoms with Gasteiger partial charge in [0, 0.05) is 0 Å². The highest BCUT2D eigenvalue weighted by Crippen LogP contribution is 1.97. The molecule has 0 saturated carbocycles. The lowest BCUT2D eigenvalue weighted by Gasteiger charge is -1.98. The van der Waals surface area contributed by atoms with E-state index in [9.17, 15) is 5.11 Å². The molecule has 0 aromatic rings. The van der Waals surface area contributed by atoms with Crippen LogP contribution in [0.5, 0.6) is 0 Å². The van der Waals surface area contributed by atoms with Gasteiger partial charge < -0.3 is 10.2 Å². The molecule has 0 aliphatic heterocycles. The molecule has 0 bridgehead atoms. The van der Waals surface area contributed by atoms with Gasteiger partial charge in [-0.3, -0.25) is 0 Å². The first-order valence-electron chi connectivity index (χ1n) is 4.08. The Kier molecular flexibility index (Phi) is 7.49. The van der Waals surface area contributed by atoms with E-state index in [2.05, 4.69) is 30.6 Å². The first-order valence-corrected chi connectivity index (χ1v) is 4.08. The van der Waals surface area contributed by atoms with Crippen molar-refractivity contribution in [2.24, 2.45) is 0 Å². The third kappa shape index (κ3) is 7.15. The summed E-state index contributed by atoms with van der Waals surface area (Å²) >= 11 is 0. The van der Waals surface area contributed by atoms with Crippen molar-refractivity contribution in [3.8, 4) is 23.7 Å². The molecule has 0 spiro atoms. The summed E-state index contributed by atoms with van der Waals surface area (Å²) in [6.45, 7) is 1.88. The van der Waals surface area contributed by atoms with Crippen molar-refractivity contribution in [1.29, 1.82) is 0 Å². The molecule has 2 N–H and O–H groups in total. The molecule has 1 unspecified atom stereocenters. The highest BCUT2D eigenvalue weighted by Gasteiger charge is 1.95. The van der Waals surface area contributed by atoms with Crippen LogP contribution in [0.3, 0.4) is 0 Å². The molecular weight excluding hydrogens is 152 g/mol. The van der Waals surface area contributed by atoms with Crippen LogP contribution in [0.25, 0.3) is 0 Å². The fraction of sp³-hybridized carbons (Fsp3) is 0.600. The minimum absolute atomic E-state index is 0.181. The smallest absolute Gasteiger partial charge is 0.115 e. The van der Waals surface area contributed by atoms with Crippen LogP contribution in [0.15, 0.2) is 0 Å². The van der Waals surface area contributed by atoms with Gasteiger partial charge >= 0.3 is 0 Å². The highest BCUT2D eigenvalue weighted by atomic mass is 16.3. The van der Waals surface area contributed by atoms with Gasteiger partial charge in [-0.05, 0) is 18.3 Å². The Balaban J connectivity index is 3.63. The van der Waals surface area contributed by atoms with Crippen LogP contribution < -0.4 is 0 Å². The summed E-state index contributed by atoms with van der Waals surface area (Å²) in [6.07, 6.45) is 2.16. The number of unbranched alkanes of at least 4 members (excludes halogenated alkanes) is 1. The van der Waals surface area contributed by atoms with Gasteiger partial charge in [-0.1, -0.05) is 31.6 Å². The van der Waals surface area contributed by atoms with Crippen molar-refractivity contribution in [3.63, 3.8) is 0 Å². The third-order valence-corrected chi connectivity index (χ3v) is 1.30. The summed E-state index contributed by atoms with van der Waals surface area (Å²) in [6, 6.07) is 0. The summed E-state index contributed by atoms with van der Waals surface area (Å²) in [5.41, 5.74) is 0. The van der Waals surface area contributed by atoms with E-state index in [0.29, 0.717) is 6.42 Å². The molecule has 0 fully saturated rings. The van der Waals surface area contributed by atoms with Gasteiger partial charge in [-0.25, -0.2) is 0 Å². The van der Waals surface area contributed by atoms with Crippen LogP contribution in [-0.4, -0.2) is 22.9 Å². The van der Waals surface area contributed by atoms with Crippen molar-refractivity contribution >= 4 is 0 Å². The van der Waals surface area contributed by atoms with E-state index in [1.165, 1.54) is 0 Å². The molecule has 0 saturated heterocycles. The third-order valence-electron chi connectivity index (χ3n) is 1.30. The lowest BCUT2D eigenvalue weighted by molar-refractivity contribution is 0.218. The van der Waals surface area contributed by atoms with Crippen LogP contribution in [0.4, 0.5) is 0 Å². The van der Waals surface area contributed by atoms with Crippen molar-refractivity contribution in [2.75, 3.05) is 6.61 Å².